The number of nitriles is 1. The fraction of sp³-hybridized carbons (Fsp3) is 0. The Labute approximate surface area is 76.2 Å². The molecule has 4 heavy (non-hydrogen) atoms. The third kappa shape index (κ3) is 9.40. The second kappa shape index (κ2) is 8.82. The van der Waals surface area contributed by atoms with Gasteiger partial charge in [-0.1, -0.05) is 0 Å². The molecule has 0 unspecified atom stereocenters. The van der Waals surface area contributed by atoms with Crippen molar-refractivity contribution in [3.05, 3.63) is 0 Å². The summed E-state index contributed by atoms with van der Waals surface area (Å²) >= 11 is 2.11. The summed E-state index contributed by atoms with van der Waals surface area (Å²) in [6, 6.07) is 0. The Bertz CT molecular complexity index is 29.5. The Kier molecular flexibility index (Phi) is 20.2. The van der Waals surface area contributed by atoms with Gasteiger partial charge in [-0.15, -0.1) is 0 Å². The molecule has 0 N–H and O–H groups in total. The third-order valence-corrected chi connectivity index (χ3v) is 0. The van der Waals surface area contributed by atoms with Crippen molar-refractivity contribution >= 4 is 51.4 Å². The number of rotatable bonds is 0. The first-order valence-electron chi connectivity index (χ1n) is 0.428. The number of nitrogens with zero attached hydrogens (tertiary/aromatic N) is 1. The molecule has 0 aromatic rings. The predicted molar refractivity (Wildman–Crippen MR) is 12.8 cm³/mol. The molecule has 0 spiro atoms. The number of hydrogen-bond acceptors (Lipinski definition) is 1. The fourth-order valence-electron chi connectivity index (χ4n) is 0. The normalized spacial score (nSPS) is 1.75. The molecule has 0 aromatic carbocycles. The van der Waals surface area contributed by atoms with Crippen molar-refractivity contribution in [2.45, 2.75) is 0 Å². The van der Waals surface area contributed by atoms with Crippen molar-refractivity contribution in [3.63, 3.8) is 0 Å². The Balaban J connectivity index is 0. The van der Waals surface area contributed by atoms with Crippen LogP contribution < -0.4 is 0 Å². The van der Waals surface area contributed by atoms with E-state index in [-0.39, 0.29) is 51.4 Å². The van der Waals surface area contributed by atoms with Gasteiger partial charge in [-0.2, -0.15) is 0 Å². The molecule has 0 saturated heterocycles. The molecule has 1 nitrogen and oxygen atoms in total. The van der Waals surface area contributed by atoms with Crippen LogP contribution in [0.5, 0.6) is 0 Å². The molecule has 17 valence electrons. The molecule has 0 atom stereocenters. The minimum absolute atomic E-state index is 0. The van der Waals surface area contributed by atoms with Crippen LogP contribution in [0.2, 0.25) is 0 Å². The Hall–Kier alpha value is 1.66. The average molecular weight is 118 g/mol. The first kappa shape index (κ1) is 9.17. The second-order valence-corrected chi connectivity index (χ2v) is 0.376. The summed E-state index contributed by atoms with van der Waals surface area (Å²) in [4.78, 5) is 1.62. The zero-order valence-electron chi connectivity index (χ0n) is 1.36. The fourth-order valence-corrected chi connectivity index (χ4v) is 0. The van der Waals surface area contributed by atoms with Gasteiger partial charge >= 0.3 is 77.9 Å². The maximum absolute atomic E-state index is 7.26. The van der Waals surface area contributed by atoms with E-state index in [2.05, 4.69) is 16.3 Å². The van der Waals surface area contributed by atoms with Crippen LogP contribution >= 0.6 is 0 Å². The van der Waals surface area contributed by atoms with E-state index in [0.717, 1.165) is 0 Å². The van der Waals surface area contributed by atoms with Crippen LogP contribution in [0.15, 0.2) is 0 Å². The van der Waals surface area contributed by atoms with Gasteiger partial charge in [-0.05, 0) is 0 Å². The van der Waals surface area contributed by atoms with E-state index in [1.807, 2.05) is 0 Å². The molecular weight excluding hydrogens is 117 g/mol. The first-order chi connectivity index (χ1) is 1.41. The van der Waals surface area contributed by atoms with Gasteiger partial charge < -0.3 is 0 Å². The van der Waals surface area contributed by atoms with Gasteiger partial charge in [0, 0.05) is 0 Å². The van der Waals surface area contributed by atoms with E-state index >= 15 is 0 Å². The van der Waals surface area contributed by atoms with E-state index in [1.54, 1.807) is 4.93 Å². The van der Waals surface area contributed by atoms with Gasteiger partial charge in [0.05, 0.1) is 0 Å². The van der Waals surface area contributed by atoms with E-state index in [0.29, 0.717) is 0 Å². The van der Waals surface area contributed by atoms with Crippen LogP contribution in [0.3, 0.4) is 0 Å². The van der Waals surface area contributed by atoms with E-state index < -0.39 is 0 Å². The predicted octanol–water partition coefficient (Wildman–Crippen LogP) is -0.634. The molecule has 3 heteroatoms. The number of hydrogen-bond donors (Lipinski definition) is 0. The molecule has 0 radical (unpaired) electrons. The van der Waals surface area contributed by atoms with E-state index in [1.165, 1.54) is 0 Å². The molecule has 0 aliphatic carbocycles. The summed E-state index contributed by atoms with van der Waals surface area (Å²) in [6.45, 7) is 0. The van der Waals surface area contributed by atoms with Gasteiger partial charge in [0.25, 0.3) is 0 Å². The van der Waals surface area contributed by atoms with Gasteiger partial charge in [-0.3, -0.25) is 0 Å². The van der Waals surface area contributed by atoms with Gasteiger partial charge in [0.2, 0.25) is 0 Å². The van der Waals surface area contributed by atoms with Gasteiger partial charge in [-0.25, -0.2) is 0 Å². The summed E-state index contributed by atoms with van der Waals surface area (Å²) < 4.78 is 0. The minimum atomic E-state index is 0. The Morgan fingerprint density at radius 1 is 1.75 bits per heavy atom. The molecule has 0 heterocycles. The van der Waals surface area contributed by atoms with Crippen molar-refractivity contribution in [1.29, 1.82) is 5.26 Å². The summed E-state index contributed by atoms with van der Waals surface area (Å²) in [5.74, 6) is 0. The molecule has 0 aromatic heterocycles. The van der Waals surface area contributed by atoms with Crippen LogP contribution in [0.25, 0.3) is 0 Å². The summed E-state index contributed by atoms with van der Waals surface area (Å²) in [5.41, 5.74) is 0. The average Bonchev–Trinajstić information content (AvgIpc) is 0.918. The van der Waals surface area contributed by atoms with Crippen molar-refractivity contribution < 1.29 is 16.3 Å². The van der Waals surface area contributed by atoms with E-state index in [4.69, 9.17) is 5.26 Å². The van der Waals surface area contributed by atoms with Crippen LogP contribution in [-0.2, 0) is 16.3 Å². The Morgan fingerprint density at radius 2 is 1.75 bits per heavy atom. The zero-order valence-corrected chi connectivity index (χ0v) is 2.63. The maximum atomic E-state index is 7.26. The van der Waals surface area contributed by atoms with Crippen LogP contribution in [0.4, 0.5) is 0 Å². The second-order valence-electron chi connectivity index (χ2n) is 0.0913. The molecule has 0 aliphatic rings. The molecule has 0 bridgehead atoms. The molecule has 0 saturated carbocycles. The molecule has 0 aliphatic heterocycles. The zero-order chi connectivity index (χ0) is 2.71. The topological polar surface area (TPSA) is 23.8 Å². The third-order valence-electron chi connectivity index (χ3n) is 0. The monoisotopic (exact) mass is 118 g/mol. The molecule has 0 rings (SSSR count). The quantitative estimate of drug-likeness (QED) is 0.388. The van der Waals surface area contributed by atoms with Crippen molar-refractivity contribution in [3.8, 4) is 4.93 Å². The standard InChI is InChI=1S/CN.Cr.K.H/c1-2;;;. The van der Waals surface area contributed by atoms with Crippen LogP contribution in [0, 0.1) is 10.2 Å². The van der Waals surface area contributed by atoms with Crippen molar-refractivity contribution in [2.75, 3.05) is 0 Å². The molecule has 0 fully saturated rings. The SMILES string of the molecule is N#[C][Cr].[KH]. The van der Waals surface area contributed by atoms with Crippen LogP contribution in [0.1, 0.15) is 0 Å². The summed E-state index contributed by atoms with van der Waals surface area (Å²) in [6.07, 6.45) is 0. The van der Waals surface area contributed by atoms with Crippen molar-refractivity contribution in [1.82, 2.24) is 0 Å². The van der Waals surface area contributed by atoms with E-state index in [9.17, 15) is 0 Å². The van der Waals surface area contributed by atoms with Crippen molar-refractivity contribution in [2.24, 2.45) is 0 Å². The summed E-state index contributed by atoms with van der Waals surface area (Å²) in [7, 11) is 0. The van der Waals surface area contributed by atoms with Gasteiger partial charge in [0.1, 0.15) is 0 Å². The summed E-state index contributed by atoms with van der Waals surface area (Å²) in [5, 5.41) is 7.26. The van der Waals surface area contributed by atoms with Gasteiger partial charge in [0.15, 0.2) is 0 Å². The first-order valence-corrected chi connectivity index (χ1v) is 1.07. The van der Waals surface area contributed by atoms with Crippen LogP contribution in [-0.4, -0.2) is 51.4 Å². The Morgan fingerprint density at radius 3 is 1.75 bits per heavy atom. The molecular formula is CHCrKN. The molecule has 0 amide bonds.